The Kier molecular flexibility index (Phi) is 5.21. The van der Waals surface area contributed by atoms with Gasteiger partial charge in [0.1, 0.15) is 9.84 Å². The van der Waals surface area contributed by atoms with Gasteiger partial charge in [0.2, 0.25) is 0 Å². The van der Waals surface area contributed by atoms with E-state index in [0.29, 0.717) is 11.2 Å². The van der Waals surface area contributed by atoms with Crippen molar-refractivity contribution in [3.05, 3.63) is 0 Å². The summed E-state index contributed by atoms with van der Waals surface area (Å²) in [7, 11) is -1.09. The van der Waals surface area contributed by atoms with Gasteiger partial charge in [-0.3, -0.25) is 0 Å². The predicted molar refractivity (Wildman–Crippen MR) is 65.4 cm³/mol. The van der Waals surface area contributed by atoms with Crippen LogP contribution in [0.25, 0.3) is 0 Å². The molecule has 1 aliphatic carbocycles. The molecule has 1 aliphatic rings. The van der Waals surface area contributed by atoms with Gasteiger partial charge in [0, 0.05) is 32.2 Å². The van der Waals surface area contributed by atoms with Crippen molar-refractivity contribution >= 4 is 9.84 Å². The number of rotatable bonds is 9. The maximum absolute atomic E-state index is 11.0. The molecule has 0 amide bonds. The Bertz CT molecular complexity index is 296. The molecule has 1 rings (SSSR count). The normalized spacial score (nSPS) is 18.6. The Hall–Kier alpha value is -0.130. The molecular weight excluding hydrogens is 226 g/mol. The molecule has 1 saturated carbocycles. The van der Waals surface area contributed by atoms with Crippen LogP contribution in [0.3, 0.4) is 0 Å². The molecule has 0 saturated heterocycles. The zero-order chi connectivity index (χ0) is 12.1. The minimum Gasteiger partial charge on any atom is -0.383 e. The van der Waals surface area contributed by atoms with E-state index in [1.54, 1.807) is 7.11 Å². The first kappa shape index (κ1) is 13.9. The summed E-state index contributed by atoms with van der Waals surface area (Å²) in [6.07, 6.45) is 5.60. The van der Waals surface area contributed by atoms with Crippen molar-refractivity contribution in [2.45, 2.75) is 25.7 Å². The molecule has 4 nitrogen and oxygen atoms in total. The molecule has 0 aromatic rings. The molecular formula is C11H23NO3S. The zero-order valence-corrected chi connectivity index (χ0v) is 11.1. The largest absolute Gasteiger partial charge is 0.383 e. The smallest absolute Gasteiger partial charge is 0.147 e. The van der Waals surface area contributed by atoms with Gasteiger partial charge in [-0.15, -0.1) is 0 Å². The van der Waals surface area contributed by atoms with E-state index in [2.05, 4.69) is 5.32 Å². The third-order valence-electron chi connectivity index (χ3n) is 3.16. The molecule has 0 aliphatic heterocycles. The average Bonchev–Trinajstić information content (AvgIpc) is 2.92. The quantitative estimate of drug-likeness (QED) is 0.615. The molecule has 0 aromatic heterocycles. The van der Waals surface area contributed by atoms with Crippen LogP contribution < -0.4 is 5.32 Å². The lowest BCUT2D eigenvalue weighted by atomic mass is 10.0. The maximum atomic E-state index is 11.0. The van der Waals surface area contributed by atoms with Crippen LogP contribution >= 0.6 is 0 Å². The Morgan fingerprint density at radius 1 is 1.38 bits per heavy atom. The van der Waals surface area contributed by atoms with E-state index in [0.717, 1.165) is 32.5 Å². The standard InChI is InChI=1S/C11H23NO3S/c1-15-8-7-12-10-11(5-6-11)4-3-9-16(2,13)14/h12H,3-10H2,1-2H3. The van der Waals surface area contributed by atoms with Crippen molar-refractivity contribution in [3.8, 4) is 0 Å². The summed E-state index contributed by atoms with van der Waals surface area (Å²) in [5.41, 5.74) is 0.387. The first-order chi connectivity index (χ1) is 7.47. The molecule has 0 heterocycles. The van der Waals surface area contributed by atoms with Crippen LogP contribution in [-0.2, 0) is 14.6 Å². The lowest BCUT2D eigenvalue weighted by Crippen LogP contribution is -2.27. The second kappa shape index (κ2) is 5.98. The fraction of sp³-hybridized carbons (Fsp3) is 1.00. The van der Waals surface area contributed by atoms with Gasteiger partial charge in [-0.25, -0.2) is 8.42 Å². The number of hydrogen-bond donors (Lipinski definition) is 1. The summed E-state index contributed by atoms with van der Waals surface area (Å²) in [6, 6.07) is 0. The van der Waals surface area contributed by atoms with Crippen molar-refractivity contribution in [1.82, 2.24) is 5.32 Å². The predicted octanol–water partition coefficient (Wildman–Crippen LogP) is 0.827. The van der Waals surface area contributed by atoms with Gasteiger partial charge in [-0.1, -0.05) is 0 Å². The van der Waals surface area contributed by atoms with E-state index in [9.17, 15) is 8.42 Å². The average molecular weight is 249 g/mol. The van der Waals surface area contributed by atoms with E-state index in [-0.39, 0.29) is 0 Å². The zero-order valence-electron chi connectivity index (χ0n) is 10.3. The number of sulfone groups is 1. The summed E-state index contributed by atoms with van der Waals surface area (Å²) in [4.78, 5) is 0. The van der Waals surface area contributed by atoms with Crippen molar-refractivity contribution < 1.29 is 13.2 Å². The molecule has 0 atom stereocenters. The summed E-state index contributed by atoms with van der Waals surface area (Å²) in [6.45, 7) is 2.61. The van der Waals surface area contributed by atoms with Crippen LogP contribution in [0, 0.1) is 5.41 Å². The fourth-order valence-electron chi connectivity index (χ4n) is 1.93. The van der Waals surface area contributed by atoms with Crippen molar-refractivity contribution in [2.75, 3.05) is 38.8 Å². The molecule has 1 N–H and O–H groups in total. The lowest BCUT2D eigenvalue weighted by Gasteiger charge is -2.15. The Morgan fingerprint density at radius 3 is 2.56 bits per heavy atom. The molecule has 96 valence electrons. The highest BCUT2D eigenvalue weighted by Crippen LogP contribution is 2.49. The molecule has 0 bridgehead atoms. The fourth-order valence-corrected chi connectivity index (χ4v) is 2.60. The molecule has 16 heavy (non-hydrogen) atoms. The van der Waals surface area contributed by atoms with Crippen LogP contribution in [0.15, 0.2) is 0 Å². The van der Waals surface area contributed by atoms with E-state index in [4.69, 9.17) is 4.74 Å². The Morgan fingerprint density at radius 2 is 2.06 bits per heavy atom. The van der Waals surface area contributed by atoms with Gasteiger partial charge >= 0.3 is 0 Å². The van der Waals surface area contributed by atoms with Crippen LogP contribution in [0.5, 0.6) is 0 Å². The number of ether oxygens (including phenoxy) is 1. The highest BCUT2D eigenvalue weighted by atomic mass is 32.2. The first-order valence-corrected chi connectivity index (χ1v) is 7.91. The Labute approximate surface area is 98.7 Å². The number of nitrogens with one attached hydrogen (secondary N) is 1. The maximum Gasteiger partial charge on any atom is 0.147 e. The monoisotopic (exact) mass is 249 g/mol. The van der Waals surface area contributed by atoms with Crippen molar-refractivity contribution in [2.24, 2.45) is 5.41 Å². The SMILES string of the molecule is COCCNCC1(CCCS(C)(=O)=O)CC1. The van der Waals surface area contributed by atoms with E-state index in [1.807, 2.05) is 0 Å². The summed E-state index contributed by atoms with van der Waals surface area (Å²) in [5, 5.41) is 3.36. The van der Waals surface area contributed by atoms with E-state index < -0.39 is 9.84 Å². The van der Waals surface area contributed by atoms with E-state index >= 15 is 0 Å². The molecule has 5 heteroatoms. The number of methoxy groups -OCH3 is 1. The molecule has 0 spiro atoms. The van der Waals surface area contributed by atoms with Gasteiger partial charge in [0.05, 0.1) is 6.61 Å². The van der Waals surface area contributed by atoms with Gasteiger partial charge in [0.15, 0.2) is 0 Å². The van der Waals surface area contributed by atoms with Crippen LogP contribution in [0.4, 0.5) is 0 Å². The van der Waals surface area contributed by atoms with Crippen LogP contribution in [-0.4, -0.2) is 47.2 Å². The summed E-state index contributed by atoms with van der Waals surface area (Å²) >= 11 is 0. The van der Waals surface area contributed by atoms with Crippen LogP contribution in [0.2, 0.25) is 0 Å². The highest BCUT2D eigenvalue weighted by molar-refractivity contribution is 7.90. The molecule has 0 unspecified atom stereocenters. The summed E-state index contributed by atoms with van der Waals surface area (Å²) < 4.78 is 27.0. The second-order valence-electron chi connectivity index (χ2n) is 4.90. The molecule has 0 radical (unpaired) electrons. The van der Waals surface area contributed by atoms with Gasteiger partial charge < -0.3 is 10.1 Å². The van der Waals surface area contributed by atoms with Crippen molar-refractivity contribution in [1.29, 1.82) is 0 Å². The second-order valence-corrected chi connectivity index (χ2v) is 7.16. The minimum absolute atomic E-state index is 0.326. The van der Waals surface area contributed by atoms with Gasteiger partial charge in [-0.2, -0.15) is 0 Å². The van der Waals surface area contributed by atoms with E-state index in [1.165, 1.54) is 19.1 Å². The topological polar surface area (TPSA) is 55.4 Å². The first-order valence-electron chi connectivity index (χ1n) is 5.85. The number of hydrogen-bond acceptors (Lipinski definition) is 4. The lowest BCUT2D eigenvalue weighted by molar-refractivity contribution is 0.196. The van der Waals surface area contributed by atoms with Crippen LogP contribution in [0.1, 0.15) is 25.7 Å². The third-order valence-corrected chi connectivity index (χ3v) is 4.19. The minimum atomic E-state index is -2.79. The van der Waals surface area contributed by atoms with Crippen molar-refractivity contribution in [3.63, 3.8) is 0 Å². The Balaban J connectivity index is 2.11. The van der Waals surface area contributed by atoms with Gasteiger partial charge in [-0.05, 0) is 31.1 Å². The summed E-state index contributed by atoms with van der Waals surface area (Å²) in [5.74, 6) is 0.326. The molecule has 0 aromatic carbocycles. The van der Waals surface area contributed by atoms with Gasteiger partial charge in [0.25, 0.3) is 0 Å². The molecule has 1 fully saturated rings. The highest BCUT2D eigenvalue weighted by Gasteiger charge is 2.41. The third kappa shape index (κ3) is 5.82.